The monoisotopic (exact) mass is 412 g/mol. The van der Waals surface area contributed by atoms with Gasteiger partial charge in [-0.1, -0.05) is 17.7 Å². The van der Waals surface area contributed by atoms with E-state index in [1.807, 2.05) is 0 Å². The van der Waals surface area contributed by atoms with Crippen LogP contribution in [0.1, 0.15) is 10.4 Å². The minimum Gasteiger partial charge on any atom is -0.495 e. The van der Waals surface area contributed by atoms with Gasteiger partial charge in [-0.15, -0.1) is 0 Å². The van der Waals surface area contributed by atoms with E-state index in [0.717, 1.165) is 0 Å². The Balaban J connectivity index is 1.75. The maximum atomic E-state index is 13.3. The molecule has 0 saturated carbocycles. The Kier molecular flexibility index (Phi) is 5.69. The molecule has 3 rings (SSSR count). The third kappa shape index (κ3) is 4.07. The first-order valence-corrected chi connectivity index (χ1v) is 10.0. The van der Waals surface area contributed by atoms with Crippen molar-refractivity contribution in [3.05, 3.63) is 58.9 Å². The zero-order chi connectivity index (χ0) is 19.6. The summed E-state index contributed by atoms with van der Waals surface area (Å²) in [4.78, 5) is 14.0. The van der Waals surface area contributed by atoms with Gasteiger partial charge in [0.2, 0.25) is 10.0 Å². The highest BCUT2D eigenvalue weighted by Gasteiger charge is 2.32. The lowest BCUT2D eigenvalue weighted by molar-refractivity contribution is 0.0697. The number of piperazine rings is 1. The Hall–Kier alpha value is -2.16. The van der Waals surface area contributed by atoms with Crippen LogP contribution < -0.4 is 4.74 Å². The standard InChI is InChI=1S/C18H18ClFN2O4S/c1-26-16-6-5-14(19)12-17(16)27(24,25)22-9-7-21(8-10-22)18(23)13-3-2-4-15(20)11-13/h2-6,11-12H,7-10H2,1H3. The van der Waals surface area contributed by atoms with E-state index in [-0.39, 0.29) is 53.3 Å². The van der Waals surface area contributed by atoms with Gasteiger partial charge in [-0.25, -0.2) is 12.8 Å². The van der Waals surface area contributed by atoms with E-state index < -0.39 is 15.8 Å². The maximum absolute atomic E-state index is 13.3. The molecule has 1 fully saturated rings. The molecule has 2 aromatic carbocycles. The van der Waals surface area contributed by atoms with Crippen LogP contribution in [0.4, 0.5) is 4.39 Å². The number of ether oxygens (including phenoxy) is 1. The van der Waals surface area contributed by atoms with Crippen molar-refractivity contribution in [3.8, 4) is 5.75 Å². The largest absolute Gasteiger partial charge is 0.495 e. The minimum absolute atomic E-state index is 0.0117. The van der Waals surface area contributed by atoms with Crippen LogP contribution in [-0.4, -0.2) is 56.8 Å². The van der Waals surface area contributed by atoms with Gasteiger partial charge in [0.15, 0.2) is 0 Å². The number of hydrogen-bond acceptors (Lipinski definition) is 4. The summed E-state index contributed by atoms with van der Waals surface area (Å²) in [7, 11) is -2.44. The molecule has 1 aliphatic rings. The zero-order valence-corrected chi connectivity index (χ0v) is 16.1. The molecule has 2 aromatic rings. The van der Waals surface area contributed by atoms with Gasteiger partial charge in [-0.05, 0) is 36.4 Å². The average molecular weight is 413 g/mol. The molecule has 27 heavy (non-hydrogen) atoms. The first kappa shape index (κ1) is 19.6. The highest BCUT2D eigenvalue weighted by molar-refractivity contribution is 7.89. The number of amides is 1. The number of rotatable bonds is 4. The summed E-state index contributed by atoms with van der Waals surface area (Å²) in [5.74, 6) is -0.611. The van der Waals surface area contributed by atoms with E-state index in [9.17, 15) is 17.6 Å². The summed E-state index contributed by atoms with van der Waals surface area (Å²) in [6.07, 6.45) is 0. The molecule has 144 valence electrons. The van der Waals surface area contributed by atoms with Gasteiger partial charge in [0, 0.05) is 36.8 Å². The second-order valence-electron chi connectivity index (χ2n) is 6.00. The van der Waals surface area contributed by atoms with E-state index in [0.29, 0.717) is 0 Å². The topological polar surface area (TPSA) is 66.9 Å². The molecule has 0 unspecified atom stereocenters. The predicted octanol–water partition coefficient (Wildman–Crippen LogP) is 2.63. The Morgan fingerprint density at radius 2 is 1.81 bits per heavy atom. The van der Waals surface area contributed by atoms with Crippen molar-refractivity contribution in [1.82, 2.24) is 9.21 Å². The molecule has 1 aliphatic heterocycles. The number of carbonyl (C=O) groups is 1. The van der Waals surface area contributed by atoms with E-state index in [1.165, 1.54) is 52.7 Å². The second-order valence-corrected chi connectivity index (χ2v) is 8.34. The fourth-order valence-electron chi connectivity index (χ4n) is 2.93. The van der Waals surface area contributed by atoms with Crippen LogP contribution in [0.25, 0.3) is 0 Å². The molecule has 0 bridgehead atoms. The molecule has 0 spiro atoms. The molecule has 0 N–H and O–H groups in total. The summed E-state index contributed by atoms with van der Waals surface area (Å²) in [5.41, 5.74) is 0.239. The van der Waals surface area contributed by atoms with Crippen molar-refractivity contribution in [1.29, 1.82) is 0 Å². The first-order chi connectivity index (χ1) is 12.8. The van der Waals surface area contributed by atoms with Crippen LogP contribution in [-0.2, 0) is 10.0 Å². The first-order valence-electron chi connectivity index (χ1n) is 8.21. The van der Waals surface area contributed by atoms with Gasteiger partial charge in [-0.2, -0.15) is 4.31 Å². The number of methoxy groups -OCH3 is 1. The van der Waals surface area contributed by atoms with E-state index in [4.69, 9.17) is 16.3 Å². The zero-order valence-electron chi connectivity index (χ0n) is 14.6. The molecule has 0 atom stereocenters. The highest BCUT2D eigenvalue weighted by Crippen LogP contribution is 2.30. The summed E-state index contributed by atoms with van der Waals surface area (Å²) in [6, 6.07) is 9.83. The average Bonchev–Trinajstić information content (AvgIpc) is 2.67. The summed E-state index contributed by atoms with van der Waals surface area (Å²) in [5, 5.41) is 0.286. The van der Waals surface area contributed by atoms with Crippen molar-refractivity contribution in [2.45, 2.75) is 4.90 Å². The number of benzene rings is 2. The number of carbonyl (C=O) groups excluding carboxylic acids is 1. The highest BCUT2D eigenvalue weighted by atomic mass is 35.5. The Bertz CT molecular complexity index is 960. The van der Waals surface area contributed by atoms with Crippen molar-refractivity contribution in [2.24, 2.45) is 0 Å². The van der Waals surface area contributed by atoms with Gasteiger partial charge in [0.1, 0.15) is 16.5 Å². The number of halogens is 2. The van der Waals surface area contributed by atoms with E-state index in [1.54, 1.807) is 6.07 Å². The number of nitrogens with zero attached hydrogens (tertiary/aromatic N) is 2. The fourth-order valence-corrected chi connectivity index (χ4v) is 4.77. The number of sulfonamides is 1. The summed E-state index contributed by atoms with van der Waals surface area (Å²) >= 11 is 5.94. The van der Waals surface area contributed by atoms with Crippen LogP contribution in [0, 0.1) is 5.82 Å². The Morgan fingerprint density at radius 1 is 1.11 bits per heavy atom. The van der Waals surface area contributed by atoms with Gasteiger partial charge < -0.3 is 9.64 Å². The van der Waals surface area contributed by atoms with Crippen LogP contribution in [0.5, 0.6) is 5.75 Å². The molecule has 9 heteroatoms. The fraction of sp³-hybridized carbons (Fsp3) is 0.278. The lowest BCUT2D eigenvalue weighted by Crippen LogP contribution is -2.50. The van der Waals surface area contributed by atoms with Gasteiger partial charge in [-0.3, -0.25) is 4.79 Å². The van der Waals surface area contributed by atoms with Gasteiger partial charge >= 0.3 is 0 Å². The molecule has 1 amide bonds. The Labute approximate surface area is 162 Å². The van der Waals surface area contributed by atoms with Crippen LogP contribution >= 0.6 is 11.6 Å². The molecule has 6 nitrogen and oxygen atoms in total. The molecule has 1 heterocycles. The maximum Gasteiger partial charge on any atom is 0.254 e. The lowest BCUT2D eigenvalue weighted by Gasteiger charge is -2.34. The van der Waals surface area contributed by atoms with Crippen LogP contribution in [0.15, 0.2) is 47.4 Å². The van der Waals surface area contributed by atoms with Crippen molar-refractivity contribution in [3.63, 3.8) is 0 Å². The van der Waals surface area contributed by atoms with Crippen LogP contribution in [0.3, 0.4) is 0 Å². The van der Waals surface area contributed by atoms with E-state index in [2.05, 4.69) is 0 Å². The molecule has 1 saturated heterocycles. The van der Waals surface area contributed by atoms with E-state index >= 15 is 0 Å². The van der Waals surface area contributed by atoms with Gasteiger partial charge in [0.25, 0.3) is 5.91 Å². The van der Waals surface area contributed by atoms with Crippen LogP contribution in [0.2, 0.25) is 5.02 Å². The normalized spacial score (nSPS) is 15.6. The smallest absolute Gasteiger partial charge is 0.254 e. The Morgan fingerprint density at radius 3 is 2.44 bits per heavy atom. The molecular formula is C18H18ClFN2O4S. The predicted molar refractivity (Wildman–Crippen MR) is 99.1 cm³/mol. The third-order valence-electron chi connectivity index (χ3n) is 4.34. The van der Waals surface area contributed by atoms with Gasteiger partial charge in [0.05, 0.1) is 7.11 Å². The lowest BCUT2D eigenvalue weighted by atomic mass is 10.2. The summed E-state index contributed by atoms with van der Waals surface area (Å²) < 4.78 is 45.6. The van der Waals surface area contributed by atoms with Crippen molar-refractivity contribution < 1.29 is 22.3 Å². The number of hydrogen-bond donors (Lipinski definition) is 0. The molecular weight excluding hydrogens is 395 g/mol. The second kappa shape index (κ2) is 7.84. The molecule has 0 aliphatic carbocycles. The summed E-state index contributed by atoms with van der Waals surface area (Å²) in [6.45, 7) is 0.660. The molecule has 0 aromatic heterocycles. The quantitative estimate of drug-likeness (QED) is 0.774. The van der Waals surface area contributed by atoms with Crippen molar-refractivity contribution >= 4 is 27.5 Å². The SMILES string of the molecule is COc1ccc(Cl)cc1S(=O)(=O)N1CCN(C(=O)c2cccc(F)c2)CC1. The molecule has 0 radical (unpaired) electrons. The van der Waals surface area contributed by atoms with Crippen molar-refractivity contribution in [2.75, 3.05) is 33.3 Å². The third-order valence-corrected chi connectivity index (χ3v) is 6.50. The minimum atomic E-state index is -3.82.